The molecule has 0 fully saturated rings. The van der Waals surface area contributed by atoms with Crippen LogP contribution in [0.4, 0.5) is 22.7 Å². The Hall–Kier alpha value is -4.70. The summed E-state index contributed by atoms with van der Waals surface area (Å²) in [5.41, 5.74) is 2.39. The lowest BCUT2D eigenvalue weighted by molar-refractivity contribution is -0.122. The molecule has 0 unspecified atom stereocenters. The summed E-state index contributed by atoms with van der Waals surface area (Å²) in [5.74, 6) is -1.16. The predicted molar refractivity (Wildman–Crippen MR) is 203 cm³/mol. The number of carbonyl (C=O) groups is 4. The van der Waals surface area contributed by atoms with Crippen LogP contribution in [-0.4, -0.2) is 99.1 Å². The Balaban J connectivity index is 1.36. The molecule has 2 aliphatic rings. The number of nitrogens with zero attached hydrogens (tertiary/aromatic N) is 2. The number of nitrogens with one attached hydrogen (secondary N) is 4. The molecule has 0 radical (unpaired) electrons. The summed E-state index contributed by atoms with van der Waals surface area (Å²) in [4.78, 5) is 60.7. The predicted octanol–water partition coefficient (Wildman–Crippen LogP) is 5.11. The van der Waals surface area contributed by atoms with Crippen molar-refractivity contribution >= 4 is 69.9 Å². The number of carbonyl (C=O) groups excluding carboxylic acids is 4. The molecule has 0 aliphatic carbocycles. The van der Waals surface area contributed by atoms with Crippen molar-refractivity contribution in [2.45, 2.75) is 19.6 Å². The van der Waals surface area contributed by atoms with E-state index >= 15 is 0 Å². The zero-order valence-corrected chi connectivity index (χ0v) is 30.1. The molecule has 4 aromatic rings. The van der Waals surface area contributed by atoms with Crippen LogP contribution >= 0.6 is 23.5 Å². The van der Waals surface area contributed by atoms with Crippen LogP contribution in [0.5, 0.6) is 0 Å². The van der Waals surface area contributed by atoms with Gasteiger partial charge in [-0.15, -0.1) is 0 Å². The third-order valence-corrected chi connectivity index (χ3v) is 10.3. The Bertz CT molecular complexity index is 1640. The highest BCUT2D eigenvalue weighted by atomic mass is 32.2. The van der Waals surface area contributed by atoms with Gasteiger partial charge in [-0.1, -0.05) is 72.1 Å². The number of para-hydroxylation sites is 4. The highest BCUT2D eigenvalue weighted by Crippen LogP contribution is 2.38. The first-order valence-corrected chi connectivity index (χ1v) is 18.5. The van der Waals surface area contributed by atoms with Crippen molar-refractivity contribution in [1.82, 2.24) is 9.80 Å². The van der Waals surface area contributed by atoms with Crippen LogP contribution < -0.4 is 21.3 Å². The molecule has 0 spiro atoms. The molecule has 0 saturated carbocycles. The zero-order valence-electron chi connectivity index (χ0n) is 28.5. The smallest absolute Gasteiger partial charge is 0.238 e. The Morgan fingerprint density at radius 3 is 0.962 bits per heavy atom. The Labute approximate surface area is 311 Å². The van der Waals surface area contributed by atoms with Gasteiger partial charge in [-0.05, 0) is 48.5 Å². The average Bonchev–Trinajstić information content (AvgIpc) is 3.11. The van der Waals surface area contributed by atoms with Crippen molar-refractivity contribution < 1.29 is 28.7 Å². The molecule has 14 heteroatoms. The third kappa shape index (κ3) is 10.9. The van der Waals surface area contributed by atoms with Crippen LogP contribution in [0.2, 0.25) is 0 Å². The maximum Gasteiger partial charge on any atom is 0.238 e. The largest absolute Gasteiger partial charge is 0.378 e. The summed E-state index contributed by atoms with van der Waals surface area (Å²) in [7, 11) is 0. The van der Waals surface area contributed by atoms with E-state index in [1.54, 1.807) is 9.80 Å². The van der Waals surface area contributed by atoms with Crippen LogP contribution in [0, 0.1) is 0 Å². The van der Waals surface area contributed by atoms with Crippen molar-refractivity contribution in [2.24, 2.45) is 0 Å². The first-order valence-electron chi connectivity index (χ1n) is 16.9. The van der Waals surface area contributed by atoms with E-state index in [2.05, 4.69) is 21.3 Å². The van der Waals surface area contributed by atoms with Gasteiger partial charge in [0.1, 0.15) is 0 Å². The lowest BCUT2D eigenvalue weighted by atomic mass is 10.3. The van der Waals surface area contributed by atoms with E-state index in [0.717, 1.165) is 19.6 Å². The molecule has 0 aromatic heterocycles. The molecule has 0 saturated heterocycles. The van der Waals surface area contributed by atoms with Crippen molar-refractivity contribution in [2.75, 3.05) is 87.0 Å². The first-order chi connectivity index (χ1) is 25.4. The van der Waals surface area contributed by atoms with Crippen molar-refractivity contribution in [3.8, 4) is 0 Å². The van der Waals surface area contributed by atoms with Crippen LogP contribution in [0.15, 0.2) is 117 Å². The summed E-state index contributed by atoms with van der Waals surface area (Å²) < 4.78 is 11.6. The van der Waals surface area contributed by atoms with Gasteiger partial charge in [-0.25, -0.2) is 0 Å². The van der Waals surface area contributed by atoms with E-state index in [9.17, 15) is 19.2 Å². The molecule has 4 N–H and O–H groups in total. The van der Waals surface area contributed by atoms with Gasteiger partial charge in [-0.3, -0.25) is 29.0 Å². The normalized spacial score (nSPS) is 20.0. The number of anilines is 4. The summed E-state index contributed by atoms with van der Waals surface area (Å²) in [6, 6.07) is 29.7. The molecule has 12 nitrogen and oxygen atoms in total. The molecule has 52 heavy (non-hydrogen) atoms. The quantitative estimate of drug-likeness (QED) is 0.180. The van der Waals surface area contributed by atoms with E-state index < -0.39 is 0 Å². The average molecular weight is 741 g/mol. The number of benzene rings is 4. The van der Waals surface area contributed by atoms with E-state index in [0.29, 0.717) is 35.8 Å². The number of hydrogen-bond donors (Lipinski definition) is 4. The highest BCUT2D eigenvalue weighted by Gasteiger charge is 2.21. The van der Waals surface area contributed by atoms with Crippen LogP contribution in [0.25, 0.3) is 0 Å². The Morgan fingerprint density at radius 2 is 0.673 bits per heavy atom. The summed E-state index contributed by atoms with van der Waals surface area (Å²) in [5, 5.41) is 12.1. The topological polar surface area (TPSA) is 141 Å². The minimum Gasteiger partial charge on any atom is -0.378 e. The first kappa shape index (κ1) is 37.1. The van der Waals surface area contributed by atoms with Gasteiger partial charge >= 0.3 is 0 Å². The second-order valence-corrected chi connectivity index (χ2v) is 14.2. The van der Waals surface area contributed by atoms with Gasteiger partial charge in [-0.2, -0.15) is 0 Å². The fourth-order valence-corrected chi connectivity index (χ4v) is 7.56. The lowest BCUT2D eigenvalue weighted by Gasteiger charge is -2.22. The van der Waals surface area contributed by atoms with Gasteiger partial charge in [0.15, 0.2) is 0 Å². The molecule has 4 aromatic carbocycles. The molecule has 2 aliphatic heterocycles. The van der Waals surface area contributed by atoms with Crippen LogP contribution in [0.1, 0.15) is 0 Å². The standard InChI is InChI=1S/C38H40N6O6S2/c45-35-23-43-17-19-49-21-22-50-20-18-44(25-37(47)40-28-10-2-6-14-32(28)51-31-13-5-1-9-27(31)39-35)26-38(48)42-30-12-4-8-16-34(30)52-33-15-7-3-11-29(33)41-36(46)24-43/h1-16H,17-26H2,(H,39,45)(H,40,47)(H,41,46)(H,42,48). The van der Waals surface area contributed by atoms with Gasteiger partial charge in [0.2, 0.25) is 23.6 Å². The SMILES string of the molecule is O=C1CN2CCOCCOCCN(CC(=O)Nc3ccccc3Sc3ccccc3N1)CC(=O)Nc1ccccc1Sc1ccccc1NC(=O)C2. The molecule has 6 rings (SSSR count). The zero-order chi connectivity index (χ0) is 36.1. The summed E-state index contributed by atoms with van der Waals surface area (Å²) in [6.45, 7) is 1.53. The number of amides is 4. The molecule has 2 heterocycles. The highest BCUT2D eigenvalue weighted by molar-refractivity contribution is 8.00. The van der Waals surface area contributed by atoms with Crippen molar-refractivity contribution in [3.05, 3.63) is 97.1 Å². The van der Waals surface area contributed by atoms with Crippen molar-refractivity contribution in [1.29, 1.82) is 0 Å². The van der Waals surface area contributed by atoms with Gasteiger partial charge in [0.05, 0.1) is 75.4 Å². The maximum absolute atomic E-state index is 13.5. The summed E-state index contributed by atoms with van der Waals surface area (Å²) >= 11 is 2.80. The summed E-state index contributed by atoms with van der Waals surface area (Å²) in [6.07, 6.45) is 0. The minimum atomic E-state index is -0.291. The molecular weight excluding hydrogens is 701 g/mol. The van der Waals surface area contributed by atoms with E-state index in [4.69, 9.17) is 9.47 Å². The second kappa shape index (κ2) is 18.7. The van der Waals surface area contributed by atoms with E-state index in [-0.39, 0.29) is 76.2 Å². The Morgan fingerprint density at radius 1 is 0.404 bits per heavy atom. The van der Waals surface area contributed by atoms with E-state index in [1.807, 2.05) is 97.1 Å². The molecule has 4 amide bonds. The number of ether oxygens (including phenoxy) is 2. The number of rotatable bonds is 0. The van der Waals surface area contributed by atoms with Gasteiger partial charge < -0.3 is 30.7 Å². The van der Waals surface area contributed by atoms with Crippen LogP contribution in [-0.2, 0) is 28.7 Å². The van der Waals surface area contributed by atoms with Gasteiger partial charge in [0.25, 0.3) is 0 Å². The molecular formula is C38H40N6O6S2. The van der Waals surface area contributed by atoms with E-state index in [1.165, 1.54) is 23.5 Å². The second-order valence-electron chi connectivity index (χ2n) is 12.0. The molecule has 0 atom stereocenters. The van der Waals surface area contributed by atoms with Crippen molar-refractivity contribution in [3.63, 3.8) is 0 Å². The molecule has 270 valence electrons. The number of fused-ring (bicyclic) bond motifs is 13. The monoisotopic (exact) mass is 740 g/mol. The minimum absolute atomic E-state index is 0.0573. The fraction of sp³-hybridized carbons (Fsp3) is 0.263. The van der Waals surface area contributed by atoms with Gasteiger partial charge in [0, 0.05) is 32.7 Å². The third-order valence-electron chi connectivity index (χ3n) is 8.03. The van der Waals surface area contributed by atoms with Crippen LogP contribution in [0.3, 0.4) is 0 Å². The maximum atomic E-state index is 13.5. The fourth-order valence-electron chi connectivity index (χ4n) is 5.58. The molecule has 2 bridgehead atoms. The Kier molecular flexibility index (Phi) is 13.3. The number of hydrogen-bond acceptors (Lipinski definition) is 10. The lowest BCUT2D eigenvalue weighted by Crippen LogP contribution is -2.41.